The second-order valence-corrected chi connectivity index (χ2v) is 14.8. The molecule has 4 aromatic rings. The predicted molar refractivity (Wildman–Crippen MR) is 156 cm³/mol. The zero-order chi connectivity index (χ0) is 30.5. The van der Waals surface area contributed by atoms with Crippen LogP contribution in [0.1, 0.15) is 36.3 Å². The summed E-state index contributed by atoms with van der Waals surface area (Å²) in [5.74, 6) is 0.201. The lowest BCUT2D eigenvalue weighted by molar-refractivity contribution is -0.147. The number of rotatable bonds is 7. The van der Waals surface area contributed by atoms with Gasteiger partial charge in [-0.2, -0.15) is 18.2 Å². The maximum Gasteiger partial charge on any atom is 0.451 e. The van der Waals surface area contributed by atoms with Crippen LogP contribution in [-0.2, 0) is 35.7 Å². The summed E-state index contributed by atoms with van der Waals surface area (Å²) in [6, 6.07) is 3.56. The molecule has 2 aliphatic rings. The molecular weight excluding hydrogens is 651 g/mol. The van der Waals surface area contributed by atoms with E-state index in [1.807, 2.05) is 20.6 Å². The summed E-state index contributed by atoms with van der Waals surface area (Å²) in [6.07, 6.45) is -2.28. The van der Waals surface area contributed by atoms with Crippen LogP contribution in [0.3, 0.4) is 0 Å². The molecule has 6 rings (SSSR count). The van der Waals surface area contributed by atoms with E-state index in [-0.39, 0.29) is 40.0 Å². The van der Waals surface area contributed by atoms with E-state index < -0.39 is 28.1 Å². The number of thiophene rings is 2. The topological polar surface area (TPSA) is 138 Å². The summed E-state index contributed by atoms with van der Waals surface area (Å²) in [5.41, 5.74) is 0. The predicted octanol–water partition coefficient (Wildman–Crippen LogP) is 4.26. The van der Waals surface area contributed by atoms with Crippen LogP contribution >= 0.6 is 34.3 Å². The fourth-order valence-electron chi connectivity index (χ4n) is 5.13. The van der Waals surface area contributed by atoms with Crippen molar-refractivity contribution in [2.24, 2.45) is 0 Å². The van der Waals surface area contributed by atoms with Crippen molar-refractivity contribution in [3.05, 3.63) is 39.1 Å². The van der Waals surface area contributed by atoms with E-state index in [1.54, 1.807) is 11.3 Å². The van der Waals surface area contributed by atoms with Crippen LogP contribution in [0.5, 0.6) is 0 Å². The highest BCUT2D eigenvalue weighted by atomic mass is 35.5. The van der Waals surface area contributed by atoms with E-state index in [0.29, 0.717) is 31.3 Å². The number of aryl methyl sites for hydroxylation is 1. The minimum absolute atomic E-state index is 0.0510. The molecule has 2 aliphatic heterocycles. The van der Waals surface area contributed by atoms with E-state index in [2.05, 4.69) is 22.4 Å². The molecule has 0 bridgehead atoms. The molecule has 0 aliphatic carbocycles. The Kier molecular flexibility index (Phi) is 7.89. The molecule has 1 atom stereocenters. The van der Waals surface area contributed by atoms with Crippen molar-refractivity contribution in [1.82, 2.24) is 34.8 Å². The van der Waals surface area contributed by atoms with Crippen molar-refractivity contribution in [3.8, 4) is 0 Å². The van der Waals surface area contributed by atoms with Crippen molar-refractivity contribution in [3.63, 3.8) is 0 Å². The third-order valence-corrected chi connectivity index (χ3v) is 11.2. The van der Waals surface area contributed by atoms with Crippen molar-refractivity contribution >= 4 is 72.3 Å². The summed E-state index contributed by atoms with van der Waals surface area (Å²) in [7, 11) is -4.06. The van der Waals surface area contributed by atoms with Crippen molar-refractivity contribution in [1.29, 1.82) is 0 Å². The summed E-state index contributed by atoms with van der Waals surface area (Å²) in [5, 5.41) is 10.7. The Labute approximate surface area is 256 Å². The fraction of sp³-hybridized carbons (Fsp3) is 0.458. The third-order valence-electron chi connectivity index (χ3n) is 7.06. The Bertz CT molecular complexity index is 1790. The number of hydrogen-bond acceptors (Lipinski definition) is 11. The van der Waals surface area contributed by atoms with Crippen LogP contribution in [0, 0.1) is 0 Å². The molecule has 0 radical (unpaired) electrons. The lowest BCUT2D eigenvalue weighted by Gasteiger charge is -2.30. The number of urea groups is 1. The van der Waals surface area contributed by atoms with Crippen LogP contribution in [0.2, 0.25) is 4.34 Å². The zero-order valence-electron chi connectivity index (χ0n) is 22.6. The fourth-order valence-corrected chi connectivity index (χ4v) is 8.65. The first-order valence-corrected chi connectivity index (χ1v) is 16.8. The number of carbonyl (C=O) groups excluding carboxylic acids is 1. The van der Waals surface area contributed by atoms with Crippen LogP contribution in [0.25, 0.3) is 10.2 Å². The number of anilines is 2. The van der Waals surface area contributed by atoms with E-state index >= 15 is 0 Å². The van der Waals surface area contributed by atoms with Crippen molar-refractivity contribution in [2.45, 2.75) is 55.7 Å². The van der Waals surface area contributed by atoms with E-state index in [4.69, 9.17) is 21.6 Å². The molecule has 0 saturated carbocycles. The number of alkyl halides is 3. The lowest BCUT2D eigenvalue weighted by atomic mass is 10.2. The van der Waals surface area contributed by atoms with Gasteiger partial charge in [-0.25, -0.2) is 22.9 Å². The summed E-state index contributed by atoms with van der Waals surface area (Å²) < 4.78 is 68.4. The van der Waals surface area contributed by atoms with Gasteiger partial charge in [-0.1, -0.05) is 24.9 Å². The molecule has 2 N–H and O–H groups in total. The van der Waals surface area contributed by atoms with Gasteiger partial charge in [0.25, 0.3) is 10.0 Å². The zero-order valence-corrected chi connectivity index (χ0v) is 25.8. The minimum atomic E-state index is -4.59. The lowest BCUT2D eigenvalue weighted by Crippen LogP contribution is -2.45. The van der Waals surface area contributed by atoms with Gasteiger partial charge in [0.1, 0.15) is 14.9 Å². The Morgan fingerprint density at radius 1 is 1.14 bits per heavy atom. The monoisotopic (exact) mass is 675 g/mol. The minimum Gasteiger partial charge on any atom is -0.347 e. The van der Waals surface area contributed by atoms with Crippen LogP contribution in [0.4, 0.5) is 29.7 Å². The summed E-state index contributed by atoms with van der Waals surface area (Å²) in [4.78, 5) is 27.9. The number of carbonyl (C=O) groups is 1. The van der Waals surface area contributed by atoms with Gasteiger partial charge < -0.3 is 19.7 Å². The van der Waals surface area contributed by atoms with Gasteiger partial charge in [-0.05, 0) is 31.0 Å². The van der Waals surface area contributed by atoms with E-state index in [0.717, 1.165) is 43.8 Å². The first kappa shape index (κ1) is 29.8. The second kappa shape index (κ2) is 11.4. The normalized spacial score (nSPS) is 17.5. The number of nitrogens with zero attached hydrogens (tertiary/aromatic N) is 7. The Hall–Kier alpha value is -3.22. The quantitative estimate of drug-likeness (QED) is 0.294. The number of fused-ring (bicyclic) bond motifs is 2. The molecule has 1 saturated heterocycles. The van der Waals surface area contributed by atoms with Gasteiger partial charge in [-0.15, -0.1) is 32.9 Å². The number of amides is 2. The highest BCUT2D eigenvalue weighted by Gasteiger charge is 2.40. The molecule has 6 heterocycles. The van der Waals surface area contributed by atoms with Crippen LogP contribution in [0.15, 0.2) is 22.4 Å². The standard InChI is InChI=1S/C24H25ClF3N9O3S3/c1-2-3-14-10-15-19(35-8-9-37-17(12-35)32-33-21(37)24(26,27)28)30-22(31-20(15)41-14)36-7-6-13(11-36)29-23(38)34-43(39,40)18-5-4-16(25)42-18/h4-5,10,13H,2-3,6-9,11-12H2,1H3,(H2,29,34,38)/t13-/m0/s1. The Morgan fingerprint density at radius 3 is 2.67 bits per heavy atom. The number of aromatic nitrogens is 5. The van der Waals surface area contributed by atoms with E-state index in [9.17, 15) is 26.4 Å². The molecule has 12 nitrogen and oxygen atoms in total. The van der Waals surface area contributed by atoms with Crippen LogP contribution < -0.4 is 19.8 Å². The Balaban J connectivity index is 1.21. The van der Waals surface area contributed by atoms with Gasteiger partial charge in [0.2, 0.25) is 11.8 Å². The van der Waals surface area contributed by atoms with Gasteiger partial charge in [0.15, 0.2) is 5.82 Å². The summed E-state index contributed by atoms with van der Waals surface area (Å²) >= 11 is 8.21. The molecular formula is C24H25ClF3N9O3S3. The highest BCUT2D eigenvalue weighted by molar-refractivity contribution is 7.92. The first-order chi connectivity index (χ1) is 20.4. The molecule has 0 spiro atoms. The second-order valence-electron chi connectivity index (χ2n) is 10.1. The summed E-state index contributed by atoms with van der Waals surface area (Å²) in [6.45, 7) is 3.33. The Morgan fingerprint density at radius 2 is 1.95 bits per heavy atom. The molecule has 19 heteroatoms. The molecule has 4 aromatic heterocycles. The number of hydrogen-bond donors (Lipinski definition) is 2. The average molecular weight is 676 g/mol. The average Bonchev–Trinajstić information content (AvgIpc) is 3.73. The maximum absolute atomic E-state index is 13.4. The van der Waals surface area contributed by atoms with Gasteiger partial charge in [0, 0.05) is 37.1 Å². The third kappa shape index (κ3) is 6.09. The molecule has 2 amide bonds. The molecule has 230 valence electrons. The van der Waals surface area contributed by atoms with E-state index in [1.165, 1.54) is 12.1 Å². The largest absolute Gasteiger partial charge is 0.451 e. The number of sulfonamides is 1. The maximum atomic E-state index is 13.4. The number of nitrogens with one attached hydrogen (secondary N) is 2. The van der Waals surface area contributed by atoms with Crippen LogP contribution in [-0.4, -0.2) is 64.9 Å². The van der Waals surface area contributed by atoms with Gasteiger partial charge in [-0.3, -0.25) is 0 Å². The van der Waals surface area contributed by atoms with Crippen molar-refractivity contribution in [2.75, 3.05) is 29.4 Å². The first-order valence-electron chi connectivity index (χ1n) is 13.3. The van der Waals surface area contributed by atoms with Gasteiger partial charge in [0.05, 0.1) is 16.3 Å². The van der Waals surface area contributed by atoms with Gasteiger partial charge >= 0.3 is 12.2 Å². The molecule has 0 aromatic carbocycles. The molecule has 1 fully saturated rings. The molecule has 43 heavy (non-hydrogen) atoms. The molecule has 0 unspecified atom stereocenters. The highest BCUT2D eigenvalue weighted by Crippen LogP contribution is 2.36. The van der Waals surface area contributed by atoms with Crippen molar-refractivity contribution < 1.29 is 26.4 Å². The SMILES string of the molecule is CCCc1cc2c(N3CCn4c(nnc4C(F)(F)F)C3)nc(N3CC[C@H](NC(=O)NS(=O)(=O)c4ccc(Cl)s4)C3)nc2s1. The smallest absolute Gasteiger partial charge is 0.347 e. The number of halogens is 4.